The van der Waals surface area contributed by atoms with E-state index < -0.39 is 5.82 Å². The summed E-state index contributed by atoms with van der Waals surface area (Å²) in [6.07, 6.45) is 8.02. The highest BCUT2D eigenvalue weighted by Crippen LogP contribution is 2.29. The van der Waals surface area contributed by atoms with Crippen molar-refractivity contribution in [1.29, 1.82) is 0 Å². The van der Waals surface area contributed by atoms with Gasteiger partial charge in [-0.3, -0.25) is 4.79 Å². The van der Waals surface area contributed by atoms with Gasteiger partial charge in [-0.25, -0.2) is 9.37 Å². The molecule has 1 aromatic heterocycles. The van der Waals surface area contributed by atoms with Crippen LogP contribution < -0.4 is 15.5 Å². The second-order valence-corrected chi connectivity index (χ2v) is 9.10. The number of aromatic nitrogens is 2. The first-order chi connectivity index (χ1) is 14.9. The van der Waals surface area contributed by atoms with Crippen molar-refractivity contribution in [2.75, 3.05) is 24.3 Å². The minimum absolute atomic E-state index is 0. The summed E-state index contributed by atoms with van der Waals surface area (Å²) in [6, 6.07) is 4.43. The van der Waals surface area contributed by atoms with E-state index >= 15 is 0 Å². The maximum Gasteiger partial charge on any atom is 0.251 e. The highest BCUT2D eigenvalue weighted by Gasteiger charge is 2.25. The molecule has 32 heavy (non-hydrogen) atoms. The zero-order valence-corrected chi connectivity index (χ0v) is 20.0. The van der Waals surface area contributed by atoms with E-state index in [0.29, 0.717) is 11.5 Å². The van der Waals surface area contributed by atoms with Crippen LogP contribution in [0.5, 0.6) is 0 Å². The van der Waals surface area contributed by atoms with Crippen molar-refractivity contribution in [1.82, 2.24) is 15.3 Å². The van der Waals surface area contributed by atoms with Crippen LogP contribution in [0.25, 0.3) is 0 Å². The van der Waals surface area contributed by atoms with Gasteiger partial charge in [0.2, 0.25) is 5.95 Å². The van der Waals surface area contributed by atoms with Crippen molar-refractivity contribution >= 4 is 41.7 Å². The van der Waals surface area contributed by atoms with E-state index in [0.717, 1.165) is 44.3 Å². The number of rotatable bonds is 5. The molecule has 9 heteroatoms. The van der Waals surface area contributed by atoms with Crippen molar-refractivity contribution in [3.63, 3.8) is 0 Å². The molecule has 0 radical (unpaired) electrons. The summed E-state index contributed by atoms with van der Waals surface area (Å²) in [5, 5.41) is 6.53. The van der Waals surface area contributed by atoms with E-state index in [-0.39, 0.29) is 35.4 Å². The lowest BCUT2D eigenvalue weighted by Gasteiger charge is -2.30. The third-order valence-corrected chi connectivity index (χ3v) is 6.45. The summed E-state index contributed by atoms with van der Waals surface area (Å²) in [7, 11) is 4.06. The van der Waals surface area contributed by atoms with Crippen molar-refractivity contribution in [2.45, 2.75) is 63.5 Å². The number of nitrogens with zero attached hydrogens (tertiary/aromatic N) is 3. The Labute approximate surface area is 199 Å². The summed E-state index contributed by atoms with van der Waals surface area (Å²) < 4.78 is 13.3. The Morgan fingerprint density at radius 1 is 1.09 bits per heavy atom. The molecule has 1 amide bonds. The fourth-order valence-corrected chi connectivity index (χ4v) is 4.66. The largest absolute Gasteiger partial charge is 0.362 e. The zero-order chi connectivity index (χ0) is 22.0. The van der Waals surface area contributed by atoms with Gasteiger partial charge in [0.05, 0.1) is 10.7 Å². The number of carbonyl (C=O) groups is 1. The highest BCUT2D eigenvalue weighted by molar-refractivity contribution is 6.31. The van der Waals surface area contributed by atoms with Crippen LogP contribution in [-0.4, -0.2) is 42.1 Å². The Morgan fingerprint density at radius 3 is 2.47 bits per heavy atom. The van der Waals surface area contributed by atoms with Gasteiger partial charge in [0.25, 0.3) is 5.91 Å². The normalized spacial score (nSPS) is 20.0. The van der Waals surface area contributed by atoms with Crippen LogP contribution in [0.3, 0.4) is 0 Å². The lowest BCUT2D eigenvalue weighted by molar-refractivity contribution is 0.0926. The summed E-state index contributed by atoms with van der Waals surface area (Å²) >= 11 is 5.79. The SMILES string of the molecule is CN(C)c1nc(NC2CCC(NC(=O)c3ccc(F)c(Cl)c3)CC2)nc2c1CCCC2.Cl. The van der Waals surface area contributed by atoms with Crippen LogP contribution in [0.1, 0.15) is 60.1 Å². The molecule has 6 nitrogen and oxygen atoms in total. The number of aryl methyl sites for hydroxylation is 1. The van der Waals surface area contributed by atoms with Crippen molar-refractivity contribution in [2.24, 2.45) is 0 Å². The molecule has 1 saturated carbocycles. The minimum Gasteiger partial charge on any atom is -0.362 e. The summed E-state index contributed by atoms with van der Waals surface area (Å²) in [5.41, 5.74) is 2.84. The van der Waals surface area contributed by atoms with E-state index in [4.69, 9.17) is 21.6 Å². The number of hydrogen-bond donors (Lipinski definition) is 2. The first-order valence-electron chi connectivity index (χ1n) is 11.0. The molecule has 1 heterocycles. The maximum atomic E-state index is 13.3. The topological polar surface area (TPSA) is 70.2 Å². The molecule has 0 unspecified atom stereocenters. The lowest BCUT2D eigenvalue weighted by Crippen LogP contribution is -2.40. The Kier molecular flexibility index (Phi) is 8.17. The van der Waals surface area contributed by atoms with Crippen LogP contribution in [0.15, 0.2) is 18.2 Å². The molecule has 4 rings (SSSR count). The van der Waals surface area contributed by atoms with Gasteiger partial charge in [0.15, 0.2) is 0 Å². The van der Waals surface area contributed by atoms with Gasteiger partial charge in [-0.2, -0.15) is 4.98 Å². The van der Waals surface area contributed by atoms with Gasteiger partial charge in [-0.15, -0.1) is 12.4 Å². The summed E-state index contributed by atoms with van der Waals surface area (Å²) in [6.45, 7) is 0. The lowest BCUT2D eigenvalue weighted by atomic mass is 9.91. The van der Waals surface area contributed by atoms with E-state index in [1.165, 1.54) is 42.3 Å². The van der Waals surface area contributed by atoms with E-state index in [9.17, 15) is 9.18 Å². The van der Waals surface area contributed by atoms with Crippen molar-refractivity contribution in [3.05, 3.63) is 45.9 Å². The fraction of sp³-hybridized carbons (Fsp3) is 0.522. The van der Waals surface area contributed by atoms with Crippen LogP contribution in [0, 0.1) is 5.82 Å². The average molecular weight is 482 g/mol. The average Bonchev–Trinajstić information content (AvgIpc) is 2.76. The molecular formula is C23H30Cl2FN5O. The number of fused-ring (bicyclic) bond motifs is 1. The van der Waals surface area contributed by atoms with Gasteiger partial charge < -0.3 is 15.5 Å². The van der Waals surface area contributed by atoms with Gasteiger partial charge >= 0.3 is 0 Å². The molecule has 1 aromatic carbocycles. The second-order valence-electron chi connectivity index (χ2n) is 8.69. The van der Waals surface area contributed by atoms with Crippen molar-refractivity contribution < 1.29 is 9.18 Å². The van der Waals surface area contributed by atoms with Crippen molar-refractivity contribution in [3.8, 4) is 0 Å². The molecule has 174 valence electrons. The Morgan fingerprint density at radius 2 is 1.78 bits per heavy atom. The molecule has 2 aliphatic carbocycles. The van der Waals surface area contributed by atoms with Crippen LogP contribution >= 0.6 is 24.0 Å². The van der Waals surface area contributed by atoms with Crippen LogP contribution in [0.4, 0.5) is 16.2 Å². The Bertz CT molecular complexity index is 964. The number of benzene rings is 1. The number of nitrogens with one attached hydrogen (secondary N) is 2. The first kappa shape index (κ1) is 24.5. The second kappa shape index (κ2) is 10.7. The third-order valence-electron chi connectivity index (χ3n) is 6.16. The molecule has 0 atom stereocenters. The number of amides is 1. The quantitative estimate of drug-likeness (QED) is 0.642. The van der Waals surface area contributed by atoms with Gasteiger partial charge in [0, 0.05) is 37.3 Å². The number of anilines is 2. The van der Waals surface area contributed by atoms with Gasteiger partial charge in [-0.1, -0.05) is 11.6 Å². The Hall–Kier alpha value is -2.12. The standard InChI is InChI=1S/C23H29ClFN5O.ClH/c1-30(2)21-17-5-3-4-6-20(17)28-23(29-21)27-16-10-8-15(9-11-16)26-22(31)14-7-12-19(25)18(24)13-14;/h7,12-13,15-16H,3-6,8-11H2,1-2H3,(H,26,31)(H,27,28,29);1H. The molecule has 2 aromatic rings. The van der Waals surface area contributed by atoms with Crippen LogP contribution in [0.2, 0.25) is 5.02 Å². The highest BCUT2D eigenvalue weighted by atomic mass is 35.5. The number of halogens is 3. The predicted molar refractivity (Wildman–Crippen MR) is 129 cm³/mol. The maximum absolute atomic E-state index is 13.3. The van der Waals surface area contributed by atoms with Crippen LogP contribution in [-0.2, 0) is 12.8 Å². The monoisotopic (exact) mass is 481 g/mol. The summed E-state index contributed by atoms with van der Waals surface area (Å²) in [4.78, 5) is 24.1. The predicted octanol–water partition coefficient (Wildman–Crippen LogP) is 4.79. The molecule has 2 aliphatic rings. The third kappa shape index (κ3) is 5.62. The van der Waals surface area contributed by atoms with E-state index in [2.05, 4.69) is 15.5 Å². The molecule has 1 fully saturated rings. The molecule has 0 aliphatic heterocycles. The van der Waals surface area contributed by atoms with Gasteiger partial charge in [0.1, 0.15) is 11.6 Å². The van der Waals surface area contributed by atoms with Gasteiger partial charge in [-0.05, 0) is 69.6 Å². The van der Waals surface area contributed by atoms with E-state index in [1.54, 1.807) is 0 Å². The number of hydrogen-bond acceptors (Lipinski definition) is 5. The molecular weight excluding hydrogens is 452 g/mol. The first-order valence-corrected chi connectivity index (χ1v) is 11.4. The molecule has 0 spiro atoms. The Balaban J connectivity index is 0.00000289. The minimum atomic E-state index is -0.522. The molecule has 0 bridgehead atoms. The smallest absolute Gasteiger partial charge is 0.251 e. The zero-order valence-electron chi connectivity index (χ0n) is 18.5. The number of carbonyl (C=O) groups excluding carboxylic acids is 1. The fourth-order valence-electron chi connectivity index (χ4n) is 4.48. The van der Waals surface area contributed by atoms with E-state index in [1.807, 2.05) is 14.1 Å². The molecule has 2 N–H and O–H groups in total. The summed E-state index contributed by atoms with van der Waals surface area (Å²) in [5.74, 6) is 0.988. The molecule has 0 saturated heterocycles.